The van der Waals surface area contributed by atoms with Crippen molar-refractivity contribution in [2.24, 2.45) is 0 Å². The maximum atomic E-state index is 13.2. The molecular weight excluding hydrogens is 261 g/mol. The number of hydrogen-bond acceptors (Lipinski definition) is 4. The zero-order chi connectivity index (χ0) is 15.3. The van der Waals surface area contributed by atoms with Crippen molar-refractivity contribution in [1.29, 1.82) is 0 Å². The lowest BCUT2D eigenvalue weighted by Gasteiger charge is -2.30. The van der Waals surface area contributed by atoms with Gasteiger partial charge in [-0.25, -0.2) is 9.18 Å². The first-order chi connectivity index (χ1) is 9.28. The summed E-state index contributed by atoms with van der Waals surface area (Å²) in [6.45, 7) is 7.35. The Balaban J connectivity index is 2.80. The van der Waals surface area contributed by atoms with Crippen LogP contribution in [0.4, 0.5) is 4.39 Å². The average Bonchev–Trinajstić information content (AvgIpc) is 2.38. The molecule has 0 bridgehead atoms. The molecule has 0 aliphatic heterocycles. The molecule has 0 spiro atoms. The lowest BCUT2D eigenvalue weighted by atomic mass is 10.0. The number of methoxy groups -OCH3 is 1. The van der Waals surface area contributed by atoms with Gasteiger partial charge in [-0.1, -0.05) is 0 Å². The Morgan fingerprint density at radius 1 is 1.45 bits per heavy atom. The fourth-order valence-electron chi connectivity index (χ4n) is 1.96. The van der Waals surface area contributed by atoms with Crippen molar-refractivity contribution in [2.75, 3.05) is 13.7 Å². The second-order valence-electron chi connectivity index (χ2n) is 5.32. The fraction of sp³-hybridized carbons (Fsp3) is 0.533. The molecule has 0 amide bonds. The van der Waals surface area contributed by atoms with Gasteiger partial charge in [-0.3, -0.25) is 5.32 Å². The molecule has 1 N–H and O–H groups in total. The van der Waals surface area contributed by atoms with Gasteiger partial charge >= 0.3 is 5.97 Å². The van der Waals surface area contributed by atoms with Crippen LogP contribution in [0, 0.1) is 12.7 Å². The van der Waals surface area contributed by atoms with Gasteiger partial charge in [-0.05, 0) is 51.5 Å². The van der Waals surface area contributed by atoms with E-state index >= 15 is 0 Å². The molecule has 0 radical (unpaired) electrons. The van der Waals surface area contributed by atoms with Crippen LogP contribution in [0.2, 0.25) is 0 Å². The highest BCUT2D eigenvalue weighted by Gasteiger charge is 2.36. The first kappa shape index (κ1) is 16.4. The number of esters is 1. The van der Waals surface area contributed by atoms with Crippen LogP contribution in [-0.2, 0) is 9.53 Å². The minimum absolute atomic E-state index is 0.0950. The van der Waals surface area contributed by atoms with Crippen LogP contribution in [0.15, 0.2) is 18.2 Å². The molecule has 5 heteroatoms. The van der Waals surface area contributed by atoms with E-state index < -0.39 is 11.5 Å². The molecule has 20 heavy (non-hydrogen) atoms. The van der Waals surface area contributed by atoms with Gasteiger partial charge in [-0.15, -0.1) is 0 Å². The van der Waals surface area contributed by atoms with Gasteiger partial charge in [0.2, 0.25) is 0 Å². The molecule has 0 saturated carbocycles. The smallest absolute Gasteiger partial charge is 0.329 e. The lowest BCUT2D eigenvalue weighted by Crippen LogP contribution is -2.56. The van der Waals surface area contributed by atoms with E-state index in [9.17, 15) is 9.18 Å². The van der Waals surface area contributed by atoms with E-state index in [1.807, 2.05) is 13.8 Å². The number of aryl methyl sites for hydroxylation is 1. The van der Waals surface area contributed by atoms with Crippen LogP contribution in [-0.4, -0.2) is 31.3 Å². The molecule has 0 aromatic heterocycles. The van der Waals surface area contributed by atoms with Crippen LogP contribution in [0.25, 0.3) is 0 Å². The number of nitrogens with one attached hydrogen (secondary N) is 1. The number of benzene rings is 1. The third-order valence-electron chi connectivity index (χ3n) is 2.90. The quantitative estimate of drug-likeness (QED) is 0.815. The van der Waals surface area contributed by atoms with E-state index in [-0.39, 0.29) is 18.5 Å². The monoisotopic (exact) mass is 283 g/mol. The number of carbonyl (C=O) groups excluding carboxylic acids is 1. The minimum Gasteiger partial charge on any atom is -0.491 e. The number of halogens is 1. The van der Waals surface area contributed by atoms with Crippen LogP contribution in [0.3, 0.4) is 0 Å². The summed E-state index contributed by atoms with van der Waals surface area (Å²) in [5.41, 5.74) is -0.454. The van der Waals surface area contributed by atoms with Crippen LogP contribution >= 0.6 is 0 Å². The van der Waals surface area contributed by atoms with Crippen LogP contribution in [0.1, 0.15) is 26.3 Å². The molecule has 0 aliphatic rings. The van der Waals surface area contributed by atoms with Gasteiger partial charge in [0.05, 0.1) is 7.11 Å². The first-order valence-corrected chi connectivity index (χ1v) is 6.53. The second kappa shape index (κ2) is 6.70. The number of ether oxygens (including phenoxy) is 2. The predicted octanol–water partition coefficient (Wildman–Crippen LogP) is 2.44. The van der Waals surface area contributed by atoms with Crippen molar-refractivity contribution in [3.8, 4) is 5.75 Å². The third kappa shape index (κ3) is 4.20. The summed E-state index contributed by atoms with van der Waals surface area (Å²) in [5, 5.41) is 3.13. The molecule has 1 aromatic rings. The first-order valence-electron chi connectivity index (χ1n) is 6.53. The van der Waals surface area contributed by atoms with Crippen molar-refractivity contribution >= 4 is 5.97 Å². The van der Waals surface area contributed by atoms with E-state index in [0.717, 1.165) is 0 Å². The summed E-state index contributed by atoms with van der Waals surface area (Å²) in [6.07, 6.45) is 0. The minimum atomic E-state index is -0.953. The van der Waals surface area contributed by atoms with E-state index in [4.69, 9.17) is 9.47 Å². The van der Waals surface area contributed by atoms with E-state index in [2.05, 4.69) is 5.32 Å². The highest BCUT2D eigenvalue weighted by atomic mass is 19.1. The van der Waals surface area contributed by atoms with Gasteiger partial charge in [0, 0.05) is 6.04 Å². The highest BCUT2D eigenvalue weighted by molar-refractivity contribution is 5.80. The molecular formula is C15H22FNO3. The van der Waals surface area contributed by atoms with Gasteiger partial charge in [0.25, 0.3) is 0 Å². The van der Waals surface area contributed by atoms with Crippen molar-refractivity contribution in [3.05, 3.63) is 29.6 Å². The Morgan fingerprint density at radius 3 is 2.60 bits per heavy atom. The lowest BCUT2D eigenvalue weighted by molar-refractivity contribution is -0.149. The van der Waals surface area contributed by atoms with E-state index in [1.165, 1.54) is 19.2 Å². The van der Waals surface area contributed by atoms with E-state index in [0.29, 0.717) is 11.3 Å². The van der Waals surface area contributed by atoms with Gasteiger partial charge in [-0.2, -0.15) is 0 Å². The molecule has 1 rings (SSSR count). The number of hydrogen-bond donors (Lipinski definition) is 1. The summed E-state index contributed by atoms with van der Waals surface area (Å²) in [7, 11) is 1.34. The molecule has 0 fully saturated rings. The van der Waals surface area contributed by atoms with Crippen molar-refractivity contribution in [1.82, 2.24) is 5.32 Å². The highest BCUT2D eigenvalue weighted by Crippen LogP contribution is 2.18. The Labute approximate surface area is 119 Å². The summed E-state index contributed by atoms with van der Waals surface area (Å²) in [6, 6.07) is 4.58. The zero-order valence-electron chi connectivity index (χ0n) is 12.6. The molecule has 112 valence electrons. The Hall–Kier alpha value is -1.62. The number of rotatable bonds is 6. The third-order valence-corrected chi connectivity index (χ3v) is 2.90. The molecule has 1 atom stereocenters. The topological polar surface area (TPSA) is 47.6 Å². The standard InChI is InChI=1S/C15H22FNO3/c1-10(2)17-15(4,14(18)19-5)9-20-12-6-7-13(16)11(3)8-12/h6-8,10,17H,9H2,1-5H3. The summed E-state index contributed by atoms with van der Waals surface area (Å²) in [4.78, 5) is 11.9. The SMILES string of the molecule is COC(=O)C(C)(COc1ccc(F)c(C)c1)NC(C)C. The maximum absolute atomic E-state index is 13.2. The van der Waals surface area contributed by atoms with Crippen molar-refractivity contribution < 1.29 is 18.7 Å². The molecule has 0 saturated heterocycles. The summed E-state index contributed by atoms with van der Waals surface area (Å²) >= 11 is 0. The Morgan fingerprint density at radius 2 is 2.10 bits per heavy atom. The van der Waals surface area contributed by atoms with Crippen LogP contribution in [0.5, 0.6) is 5.75 Å². The van der Waals surface area contributed by atoms with Crippen LogP contribution < -0.4 is 10.1 Å². The maximum Gasteiger partial charge on any atom is 0.329 e. The molecule has 0 aliphatic carbocycles. The Kier molecular flexibility index (Phi) is 5.51. The average molecular weight is 283 g/mol. The largest absolute Gasteiger partial charge is 0.491 e. The van der Waals surface area contributed by atoms with Gasteiger partial charge in [0.15, 0.2) is 0 Å². The van der Waals surface area contributed by atoms with E-state index in [1.54, 1.807) is 19.9 Å². The van der Waals surface area contributed by atoms with Crippen molar-refractivity contribution in [3.63, 3.8) is 0 Å². The normalized spacial score (nSPS) is 13.9. The fourth-order valence-corrected chi connectivity index (χ4v) is 1.96. The summed E-state index contributed by atoms with van der Waals surface area (Å²) in [5.74, 6) is -0.164. The second-order valence-corrected chi connectivity index (χ2v) is 5.32. The Bertz CT molecular complexity index is 476. The molecule has 0 heterocycles. The molecule has 4 nitrogen and oxygen atoms in total. The molecule has 1 unspecified atom stereocenters. The number of carbonyl (C=O) groups is 1. The zero-order valence-corrected chi connectivity index (χ0v) is 12.6. The van der Waals surface area contributed by atoms with Crippen molar-refractivity contribution in [2.45, 2.75) is 39.3 Å². The summed E-state index contributed by atoms with van der Waals surface area (Å²) < 4.78 is 23.6. The molecule has 1 aromatic carbocycles. The predicted molar refractivity (Wildman–Crippen MR) is 75.3 cm³/mol. The van der Waals surface area contributed by atoms with Gasteiger partial charge in [0.1, 0.15) is 23.7 Å². The van der Waals surface area contributed by atoms with Gasteiger partial charge < -0.3 is 9.47 Å².